The van der Waals surface area contributed by atoms with Gasteiger partial charge in [-0.05, 0) is 36.4 Å². The molecule has 7 heteroatoms. The molecule has 1 amide bonds. The maximum Gasteiger partial charge on any atom is 0.258 e. The van der Waals surface area contributed by atoms with Crippen LogP contribution in [0.3, 0.4) is 0 Å². The van der Waals surface area contributed by atoms with Crippen molar-refractivity contribution in [1.82, 2.24) is 0 Å². The maximum absolute atomic E-state index is 13.1. The van der Waals surface area contributed by atoms with Crippen molar-refractivity contribution in [3.8, 4) is 0 Å². The van der Waals surface area contributed by atoms with E-state index in [2.05, 4.69) is 0 Å². The summed E-state index contributed by atoms with van der Waals surface area (Å²) in [7, 11) is -3.14. The van der Waals surface area contributed by atoms with Crippen molar-refractivity contribution in [3.63, 3.8) is 0 Å². The molecule has 2 aromatic rings. The van der Waals surface area contributed by atoms with E-state index in [1.54, 1.807) is 40.9 Å². The van der Waals surface area contributed by atoms with Crippen molar-refractivity contribution in [2.45, 2.75) is 16.2 Å². The van der Waals surface area contributed by atoms with Gasteiger partial charge in [-0.1, -0.05) is 23.7 Å². The monoisotopic (exact) mass is 379 g/mol. The lowest BCUT2D eigenvalue weighted by Crippen LogP contribution is -2.48. The SMILES string of the molecule is O=C(c1ccc(Cl)cc1)N1c2ccccc2S[C@H]2CS(=O)(=O)C[C@@H]21. The van der Waals surface area contributed by atoms with E-state index in [4.69, 9.17) is 11.6 Å². The minimum atomic E-state index is -3.14. The van der Waals surface area contributed by atoms with Gasteiger partial charge >= 0.3 is 0 Å². The summed E-state index contributed by atoms with van der Waals surface area (Å²) in [5.74, 6) is -0.0640. The molecule has 2 aliphatic rings. The molecule has 4 nitrogen and oxygen atoms in total. The molecule has 0 spiro atoms. The molecule has 2 aromatic carbocycles. The van der Waals surface area contributed by atoms with Gasteiger partial charge in [0.2, 0.25) is 0 Å². The third-order valence-corrected chi connectivity index (χ3v) is 7.88. The first-order valence-electron chi connectivity index (χ1n) is 7.50. The van der Waals surface area contributed by atoms with Crippen molar-refractivity contribution >= 4 is 44.8 Å². The summed E-state index contributed by atoms with van der Waals surface area (Å²) in [5.41, 5.74) is 1.28. The Morgan fingerprint density at radius 3 is 2.54 bits per heavy atom. The number of sulfone groups is 1. The molecule has 1 fully saturated rings. The first-order valence-corrected chi connectivity index (χ1v) is 10.6. The zero-order valence-corrected chi connectivity index (χ0v) is 14.9. The van der Waals surface area contributed by atoms with Gasteiger partial charge in [0.15, 0.2) is 9.84 Å². The van der Waals surface area contributed by atoms with Crippen molar-refractivity contribution in [2.24, 2.45) is 0 Å². The van der Waals surface area contributed by atoms with Crippen LogP contribution in [0.1, 0.15) is 10.4 Å². The number of amides is 1. The Labute approximate surface area is 149 Å². The largest absolute Gasteiger partial charge is 0.302 e. The molecule has 24 heavy (non-hydrogen) atoms. The summed E-state index contributed by atoms with van der Waals surface area (Å²) >= 11 is 7.46. The molecular weight excluding hydrogens is 366 g/mol. The summed E-state index contributed by atoms with van der Waals surface area (Å²) in [4.78, 5) is 15.7. The number of hydrogen-bond donors (Lipinski definition) is 0. The number of anilines is 1. The molecule has 0 saturated carbocycles. The van der Waals surface area contributed by atoms with E-state index in [9.17, 15) is 13.2 Å². The van der Waals surface area contributed by atoms with Crippen molar-refractivity contribution < 1.29 is 13.2 Å². The predicted molar refractivity (Wildman–Crippen MR) is 96.8 cm³/mol. The topological polar surface area (TPSA) is 54.5 Å². The van der Waals surface area contributed by atoms with Crippen molar-refractivity contribution in [1.29, 1.82) is 0 Å². The fourth-order valence-corrected chi connectivity index (χ4v) is 7.29. The fraction of sp³-hybridized carbons (Fsp3) is 0.235. The van der Waals surface area contributed by atoms with E-state index >= 15 is 0 Å². The van der Waals surface area contributed by atoms with Crippen LogP contribution in [0.4, 0.5) is 5.69 Å². The van der Waals surface area contributed by atoms with Gasteiger partial charge in [0, 0.05) is 20.7 Å². The second-order valence-electron chi connectivity index (χ2n) is 5.95. The lowest BCUT2D eigenvalue weighted by molar-refractivity contribution is 0.0978. The minimum absolute atomic E-state index is 0.0122. The van der Waals surface area contributed by atoms with E-state index < -0.39 is 9.84 Å². The number of nitrogens with zero attached hydrogens (tertiary/aromatic N) is 1. The number of rotatable bonds is 1. The van der Waals surface area contributed by atoms with Crippen molar-refractivity contribution in [2.75, 3.05) is 16.4 Å². The number of carbonyl (C=O) groups is 1. The number of carbonyl (C=O) groups excluding carboxylic acids is 1. The van der Waals surface area contributed by atoms with E-state index in [-0.39, 0.29) is 28.7 Å². The summed E-state index contributed by atoms with van der Waals surface area (Å²) in [6.07, 6.45) is 0. The molecule has 2 heterocycles. The number of para-hydroxylation sites is 1. The molecule has 2 atom stereocenters. The van der Waals surface area contributed by atoms with Crippen LogP contribution >= 0.6 is 23.4 Å². The Hall–Kier alpha value is -1.50. The third kappa shape index (κ3) is 2.72. The van der Waals surface area contributed by atoms with Gasteiger partial charge in [0.05, 0.1) is 23.2 Å². The van der Waals surface area contributed by atoms with Crippen LogP contribution in [0.15, 0.2) is 53.4 Å². The first kappa shape index (κ1) is 16.0. The second-order valence-corrected chi connectivity index (χ2v) is 9.82. The molecule has 0 N–H and O–H groups in total. The number of halogens is 1. The van der Waals surface area contributed by atoms with E-state index in [1.807, 2.05) is 24.3 Å². The van der Waals surface area contributed by atoms with Crippen LogP contribution in [-0.2, 0) is 9.84 Å². The molecular formula is C17H14ClNO3S2. The van der Waals surface area contributed by atoms with Crippen molar-refractivity contribution in [3.05, 3.63) is 59.1 Å². The molecule has 2 aliphatic heterocycles. The van der Waals surface area contributed by atoms with E-state index in [1.165, 1.54) is 0 Å². The normalized spacial score (nSPS) is 24.3. The van der Waals surface area contributed by atoms with Crippen LogP contribution in [0.5, 0.6) is 0 Å². The Balaban J connectivity index is 1.81. The molecule has 0 radical (unpaired) electrons. The Kier molecular flexibility index (Phi) is 3.86. The molecule has 0 aromatic heterocycles. The van der Waals surface area contributed by atoms with Gasteiger partial charge in [0.1, 0.15) is 0 Å². The van der Waals surface area contributed by atoms with Gasteiger partial charge < -0.3 is 4.90 Å². The average molecular weight is 380 g/mol. The predicted octanol–water partition coefficient (Wildman–Crippen LogP) is 3.26. The Morgan fingerprint density at radius 1 is 1.08 bits per heavy atom. The Bertz CT molecular complexity index is 912. The molecule has 0 bridgehead atoms. The van der Waals surface area contributed by atoms with Gasteiger partial charge in [-0.25, -0.2) is 8.42 Å². The molecule has 4 rings (SSSR count). The summed E-state index contributed by atoms with van der Waals surface area (Å²) in [5, 5.41) is 0.434. The van der Waals surface area contributed by atoms with E-state index in [0.29, 0.717) is 10.6 Å². The minimum Gasteiger partial charge on any atom is -0.302 e. The molecule has 124 valence electrons. The number of thioether (sulfide) groups is 1. The quantitative estimate of drug-likeness (QED) is 0.763. The zero-order valence-electron chi connectivity index (χ0n) is 12.6. The summed E-state index contributed by atoms with van der Waals surface area (Å²) in [6.45, 7) is 0. The number of benzene rings is 2. The van der Waals surface area contributed by atoms with Gasteiger partial charge in [0.25, 0.3) is 5.91 Å². The number of hydrogen-bond acceptors (Lipinski definition) is 4. The van der Waals surface area contributed by atoms with Crippen LogP contribution in [-0.4, -0.2) is 37.1 Å². The molecule has 0 aliphatic carbocycles. The Morgan fingerprint density at radius 2 is 1.79 bits per heavy atom. The smallest absolute Gasteiger partial charge is 0.258 e. The lowest BCUT2D eigenvalue weighted by Gasteiger charge is -2.37. The third-order valence-electron chi connectivity index (χ3n) is 4.32. The average Bonchev–Trinajstić information content (AvgIpc) is 2.86. The van der Waals surface area contributed by atoms with Crippen LogP contribution < -0.4 is 4.90 Å². The summed E-state index contributed by atoms with van der Waals surface area (Å²) in [6, 6.07) is 13.9. The maximum atomic E-state index is 13.1. The number of fused-ring (bicyclic) bond motifs is 2. The van der Waals surface area contributed by atoms with Crippen LogP contribution in [0.2, 0.25) is 5.02 Å². The first-order chi connectivity index (χ1) is 11.4. The van der Waals surface area contributed by atoms with Gasteiger partial charge in [-0.3, -0.25) is 4.79 Å². The standard InChI is InChI=1S/C17H14ClNO3S2/c18-12-7-5-11(6-8-12)17(20)19-13-3-1-2-4-15(13)23-16-10-24(21,22)9-14(16)19/h1-8,14,16H,9-10H2/t14-,16-/m0/s1. The van der Waals surface area contributed by atoms with E-state index in [0.717, 1.165) is 10.6 Å². The highest BCUT2D eigenvalue weighted by Gasteiger charge is 2.47. The summed E-state index contributed by atoms with van der Waals surface area (Å²) < 4.78 is 24.3. The van der Waals surface area contributed by atoms with Gasteiger partial charge in [-0.15, -0.1) is 11.8 Å². The van der Waals surface area contributed by atoms with Crippen LogP contribution in [0.25, 0.3) is 0 Å². The highest BCUT2D eigenvalue weighted by Crippen LogP contribution is 2.45. The fourth-order valence-electron chi connectivity index (χ4n) is 3.24. The highest BCUT2D eigenvalue weighted by molar-refractivity contribution is 8.02. The zero-order chi connectivity index (χ0) is 16.9. The molecule has 1 saturated heterocycles. The highest BCUT2D eigenvalue weighted by atomic mass is 35.5. The van der Waals surface area contributed by atoms with Crippen LogP contribution in [0, 0.1) is 0 Å². The second kappa shape index (κ2) is 5.79. The lowest BCUT2D eigenvalue weighted by atomic mass is 10.1. The molecule has 0 unspecified atom stereocenters. The van der Waals surface area contributed by atoms with Gasteiger partial charge in [-0.2, -0.15) is 0 Å².